The van der Waals surface area contributed by atoms with Gasteiger partial charge in [-0.25, -0.2) is 9.06 Å². The third-order valence-corrected chi connectivity index (χ3v) is 7.41. The number of hydrogen-bond donors (Lipinski definition) is 0. The van der Waals surface area contributed by atoms with Crippen molar-refractivity contribution in [2.24, 2.45) is 11.8 Å². The van der Waals surface area contributed by atoms with Gasteiger partial charge in [0.05, 0.1) is 18.3 Å². The molecule has 2 aliphatic rings. The molecule has 1 aliphatic carbocycles. The summed E-state index contributed by atoms with van der Waals surface area (Å²) >= 11 is 2.92. The van der Waals surface area contributed by atoms with Crippen LogP contribution in [0.3, 0.4) is 0 Å². The lowest BCUT2D eigenvalue weighted by atomic mass is 9.77. The molecular formula is C19H21N5O2S2. The quantitative estimate of drug-likeness (QED) is 0.654. The summed E-state index contributed by atoms with van der Waals surface area (Å²) in [6.45, 7) is 1.59. The minimum Gasteiger partial charge on any atom is -0.379 e. The van der Waals surface area contributed by atoms with Crippen LogP contribution in [0.4, 0.5) is 0 Å². The zero-order chi connectivity index (χ0) is 19.1. The van der Waals surface area contributed by atoms with Crippen LogP contribution in [0.2, 0.25) is 0 Å². The van der Waals surface area contributed by atoms with Crippen LogP contribution in [0.25, 0.3) is 11.3 Å². The van der Waals surface area contributed by atoms with Gasteiger partial charge in [-0.05, 0) is 53.7 Å². The van der Waals surface area contributed by atoms with E-state index in [1.807, 2.05) is 21.2 Å². The summed E-state index contributed by atoms with van der Waals surface area (Å²) in [6.07, 6.45) is 5.67. The molecule has 0 N–H and O–H groups in total. The molecule has 3 aromatic rings. The predicted octanol–water partition coefficient (Wildman–Crippen LogP) is 3.20. The molecule has 5 rings (SSSR count). The van der Waals surface area contributed by atoms with Crippen LogP contribution >= 0.6 is 22.9 Å². The van der Waals surface area contributed by atoms with Gasteiger partial charge in [-0.2, -0.15) is 11.3 Å². The molecule has 146 valence electrons. The van der Waals surface area contributed by atoms with Crippen molar-refractivity contribution in [1.82, 2.24) is 24.3 Å². The van der Waals surface area contributed by atoms with Crippen LogP contribution < -0.4 is 0 Å². The van der Waals surface area contributed by atoms with E-state index in [2.05, 4.69) is 26.1 Å². The highest BCUT2D eigenvalue weighted by molar-refractivity contribution is 7.08. The number of carbonyl (C=O) groups is 1. The molecule has 2 fully saturated rings. The Morgan fingerprint density at radius 3 is 2.82 bits per heavy atom. The first-order valence-electron chi connectivity index (χ1n) is 9.40. The Hall–Kier alpha value is -2.10. The zero-order valence-electron chi connectivity index (χ0n) is 15.5. The lowest BCUT2D eigenvalue weighted by molar-refractivity contribution is -0.00545. The summed E-state index contributed by atoms with van der Waals surface area (Å²) in [7, 11) is 1.77. The molecule has 0 radical (unpaired) electrons. The average molecular weight is 416 g/mol. The molecule has 0 unspecified atom stereocenters. The van der Waals surface area contributed by atoms with Crippen LogP contribution in [0.1, 0.15) is 28.6 Å². The smallest absolute Gasteiger partial charge is 0.265 e. The van der Waals surface area contributed by atoms with Crippen LogP contribution in [0.15, 0.2) is 35.3 Å². The van der Waals surface area contributed by atoms with Crippen molar-refractivity contribution in [2.75, 3.05) is 20.2 Å². The Morgan fingerprint density at radius 2 is 2.11 bits per heavy atom. The summed E-state index contributed by atoms with van der Waals surface area (Å²) in [5, 5.41) is 12.9. The Morgan fingerprint density at radius 1 is 1.25 bits per heavy atom. The molecule has 28 heavy (non-hydrogen) atoms. The Labute approximate surface area is 171 Å². The maximum atomic E-state index is 12.7. The number of aromatic nitrogens is 4. The molecule has 0 spiro atoms. The number of ether oxygens (including phenoxy) is 1. The molecule has 1 amide bonds. The van der Waals surface area contributed by atoms with E-state index in [0.29, 0.717) is 11.8 Å². The average Bonchev–Trinajstić information content (AvgIpc) is 3.51. The highest BCUT2D eigenvalue weighted by atomic mass is 32.1. The third kappa shape index (κ3) is 3.17. The van der Waals surface area contributed by atoms with E-state index in [9.17, 15) is 4.79 Å². The van der Waals surface area contributed by atoms with E-state index in [1.54, 1.807) is 30.7 Å². The van der Waals surface area contributed by atoms with Gasteiger partial charge >= 0.3 is 0 Å². The summed E-state index contributed by atoms with van der Waals surface area (Å²) in [5.41, 5.74) is 1.99. The predicted molar refractivity (Wildman–Crippen MR) is 107 cm³/mol. The number of amides is 1. The van der Waals surface area contributed by atoms with Crippen molar-refractivity contribution < 1.29 is 9.53 Å². The lowest BCUT2D eigenvalue weighted by Crippen LogP contribution is -2.37. The number of thiophene rings is 1. The van der Waals surface area contributed by atoms with Gasteiger partial charge in [0, 0.05) is 37.3 Å². The number of hydrogen-bond acceptors (Lipinski definition) is 7. The third-order valence-electron chi connectivity index (χ3n) is 5.99. The first-order chi connectivity index (χ1) is 13.7. The van der Waals surface area contributed by atoms with Crippen molar-refractivity contribution in [2.45, 2.75) is 25.0 Å². The Balaban J connectivity index is 1.34. The number of carbonyl (C=O) groups excluding carboxylic acids is 1. The van der Waals surface area contributed by atoms with E-state index in [4.69, 9.17) is 4.74 Å². The highest BCUT2D eigenvalue weighted by Gasteiger charge is 2.44. The van der Waals surface area contributed by atoms with Gasteiger partial charge in [-0.3, -0.25) is 4.79 Å². The first kappa shape index (κ1) is 18.0. The fourth-order valence-corrected chi connectivity index (χ4v) is 5.76. The van der Waals surface area contributed by atoms with Crippen molar-refractivity contribution in [3.8, 4) is 11.3 Å². The summed E-state index contributed by atoms with van der Waals surface area (Å²) in [6, 6.07) is 4.00. The summed E-state index contributed by atoms with van der Waals surface area (Å²) in [5.74, 6) is 1.03. The molecule has 4 atom stereocenters. The molecule has 3 aromatic heterocycles. The SMILES string of the molecule is CO[C@@H]1C[C@H]2CN(C(=O)c3ccns3)C[C@H]2C[C@H]1n1cc(-c2ccsc2)nn1. The molecule has 7 nitrogen and oxygen atoms in total. The van der Waals surface area contributed by atoms with Crippen molar-refractivity contribution in [3.63, 3.8) is 0 Å². The van der Waals surface area contributed by atoms with Crippen molar-refractivity contribution in [3.05, 3.63) is 40.2 Å². The van der Waals surface area contributed by atoms with Crippen LogP contribution in [0.5, 0.6) is 0 Å². The standard InChI is InChI=1S/C19H21N5O2S2/c1-26-17-7-14-9-23(19(25)18-2-4-20-28-18)8-13(14)6-16(17)24-10-15(21-22-24)12-3-5-27-11-12/h2-5,10-11,13-14,16-17H,6-9H2,1H3/t13-,14+,16-,17-/m1/s1. The summed E-state index contributed by atoms with van der Waals surface area (Å²) in [4.78, 5) is 15.4. The van der Waals surface area contributed by atoms with E-state index in [1.165, 1.54) is 11.5 Å². The number of fused-ring (bicyclic) bond motifs is 1. The number of nitrogens with zero attached hydrogens (tertiary/aromatic N) is 5. The van der Waals surface area contributed by atoms with Gasteiger partial charge in [0.15, 0.2) is 0 Å². The molecule has 1 saturated carbocycles. The minimum atomic E-state index is 0.0803. The Kier molecular flexibility index (Phi) is 4.73. The van der Waals surface area contributed by atoms with E-state index in [0.717, 1.165) is 42.1 Å². The van der Waals surface area contributed by atoms with E-state index in [-0.39, 0.29) is 18.1 Å². The number of likely N-dealkylation sites (tertiary alicyclic amines) is 1. The van der Waals surface area contributed by atoms with Crippen molar-refractivity contribution >= 4 is 28.8 Å². The van der Waals surface area contributed by atoms with Gasteiger partial charge in [0.2, 0.25) is 0 Å². The first-order valence-corrected chi connectivity index (χ1v) is 11.1. The Bertz CT molecular complexity index is 940. The van der Waals surface area contributed by atoms with E-state index >= 15 is 0 Å². The van der Waals surface area contributed by atoms with Crippen LogP contribution in [-0.2, 0) is 4.74 Å². The van der Waals surface area contributed by atoms with Gasteiger partial charge in [0.1, 0.15) is 10.6 Å². The number of rotatable bonds is 4. The van der Waals surface area contributed by atoms with E-state index < -0.39 is 0 Å². The van der Waals surface area contributed by atoms with Gasteiger partial charge < -0.3 is 9.64 Å². The fraction of sp³-hybridized carbons (Fsp3) is 0.474. The molecule has 4 heterocycles. The van der Waals surface area contributed by atoms with Crippen molar-refractivity contribution in [1.29, 1.82) is 0 Å². The molecule has 1 saturated heterocycles. The maximum Gasteiger partial charge on any atom is 0.265 e. The topological polar surface area (TPSA) is 73.1 Å². The highest BCUT2D eigenvalue weighted by Crippen LogP contribution is 2.42. The number of methoxy groups -OCH3 is 1. The molecule has 1 aliphatic heterocycles. The fourth-order valence-electron chi connectivity index (χ4n) is 4.55. The minimum absolute atomic E-state index is 0.0803. The summed E-state index contributed by atoms with van der Waals surface area (Å²) < 4.78 is 11.9. The zero-order valence-corrected chi connectivity index (χ0v) is 17.1. The van der Waals surface area contributed by atoms with Gasteiger partial charge in [-0.1, -0.05) is 5.21 Å². The van der Waals surface area contributed by atoms with Crippen LogP contribution in [-0.4, -0.2) is 56.5 Å². The van der Waals surface area contributed by atoms with Crippen LogP contribution in [0, 0.1) is 11.8 Å². The molecule has 9 heteroatoms. The second-order valence-electron chi connectivity index (χ2n) is 7.52. The second-order valence-corrected chi connectivity index (χ2v) is 9.13. The molecule has 0 aromatic carbocycles. The monoisotopic (exact) mass is 415 g/mol. The second kappa shape index (κ2) is 7.38. The van der Waals surface area contributed by atoms with Gasteiger partial charge in [0.25, 0.3) is 5.91 Å². The maximum absolute atomic E-state index is 12.7. The van der Waals surface area contributed by atoms with Gasteiger partial charge in [-0.15, -0.1) is 5.10 Å². The normalized spacial score (nSPS) is 27.1. The molecule has 0 bridgehead atoms. The largest absolute Gasteiger partial charge is 0.379 e. The molecular weight excluding hydrogens is 394 g/mol. The lowest BCUT2D eigenvalue weighted by Gasteiger charge is -2.36.